The molecule has 2 N–H and O–H groups in total. The second-order valence-electron chi connectivity index (χ2n) is 6.99. The van der Waals surface area contributed by atoms with Crippen molar-refractivity contribution in [1.29, 1.82) is 0 Å². The molecule has 0 amide bonds. The minimum atomic E-state index is -3.73. The van der Waals surface area contributed by atoms with E-state index in [1.54, 1.807) is 12.1 Å². The summed E-state index contributed by atoms with van der Waals surface area (Å²) in [6.07, 6.45) is 0. The van der Waals surface area contributed by atoms with E-state index in [4.69, 9.17) is 5.14 Å². The molecule has 114 valence electrons. The molecule has 1 aromatic carbocycles. The SMILES string of the molecule is CC(C)(C)P(=O)(c1ccc(S(N)(=O)=O)cc1)C(C)(C)C. The van der Waals surface area contributed by atoms with E-state index >= 15 is 0 Å². The fourth-order valence-corrected chi connectivity index (χ4v) is 7.27. The third-order valence-electron chi connectivity index (χ3n) is 3.42. The maximum atomic E-state index is 13.6. The zero-order chi connectivity index (χ0) is 16.0. The fourth-order valence-electron chi connectivity index (χ4n) is 2.63. The third-order valence-corrected chi connectivity index (χ3v) is 9.15. The molecule has 0 fully saturated rings. The molecule has 6 heteroatoms. The average molecular weight is 317 g/mol. The summed E-state index contributed by atoms with van der Waals surface area (Å²) in [5.74, 6) is 0. The Bertz CT molecular complexity index is 616. The summed E-state index contributed by atoms with van der Waals surface area (Å²) in [6.45, 7) is 11.7. The van der Waals surface area contributed by atoms with Gasteiger partial charge in [0.1, 0.15) is 7.14 Å². The molecule has 0 aliphatic carbocycles. The lowest BCUT2D eigenvalue weighted by atomic mass is 10.2. The van der Waals surface area contributed by atoms with Crippen LogP contribution in [0.1, 0.15) is 41.5 Å². The van der Waals surface area contributed by atoms with E-state index in [-0.39, 0.29) is 4.90 Å². The molecule has 20 heavy (non-hydrogen) atoms. The summed E-state index contributed by atoms with van der Waals surface area (Å²) in [5.41, 5.74) is 0. The molecule has 0 saturated carbocycles. The van der Waals surface area contributed by atoms with Crippen LogP contribution in [0.25, 0.3) is 0 Å². The molecule has 0 aliphatic heterocycles. The van der Waals surface area contributed by atoms with Gasteiger partial charge in [0, 0.05) is 15.6 Å². The van der Waals surface area contributed by atoms with Crippen LogP contribution in [0.2, 0.25) is 0 Å². The molecule has 0 heterocycles. The Kier molecular flexibility index (Phi) is 4.33. The number of primary sulfonamides is 1. The number of hydrogen-bond donors (Lipinski definition) is 1. The van der Waals surface area contributed by atoms with Crippen LogP contribution >= 0.6 is 7.14 Å². The topological polar surface area (TPSA) is 77.2 Å². The van der Waals surface area contributed by atoms with Crippen LogP contribution in [0.4, 0.5) is 0 Å². The first-order chi connectivity index (χ1) is 8.71. The Morgan fingerprint density at radius 2 is 1.25 bits per heavy atom. The van der Waals surface area contributed by atoms with Gasteiger partial charge < -0.3 is 4.57 Å². The van der Waals surface area contributed by atoms with Crippen LogP contribution in [-0.4, -0.2) is 18.7 Å². The largest absolute Gasteiger partial charge is 0.318 e. The lowest BCUT2D eigenvalue weighted by Crippen LogP contribution is -2.35. The Morgan fingerprint density at radius 3 is 1.50 bits per heavy atom. The zero-order valence-electron chi connectivity index (χ0n) is 13.0. The number of benzene rings is 1. The van der Waals surface area contributed by atoms with Gasteiger partial charge in [0.2, 0.25) is 10.0 Å². The van der Waals surface area contributed by atoms with E-state index in [1.165, 1.54) is 12.1 Å². The Hall–Kier alpha value is -0.640. The fraction of sp³-hybridized carbons (Fsp3) is 0.571. The van der Waals surface area contributed by atoms with Gasteiger partial charge >= 0.3 is 0 Å². The highest BCUT2D eigenvalue weighted by Crippen LogP contribution is 2.65. The average Bonchev–Trinajstić information content (AvgIpc) is 2.24. The molecule has 0 aliphatic rings. The van der Waals surface area contributed by atoms with Crippen LogP contribution in [0, 0.1) is 0 Å². The van der Waals surface area contributed by atoms with Gasteiger partial charge in [-0.3, -0.25) is 0 Å². The quantitative estimate of drug-likeness (QED) is 0.852. The van der Waals surface area contributed by atoms with Crippen molar-refractivity contribution in [2.75, 3.05) is 0 Å². The maximum absolute atomic E-state index is 13.6. The Morgan fingerprint density at radius 1 is 0.900 bits per heavy atom. The van der Waals surface area contributed by atoms with Crippen LogP contribution in [0.15, 0.2) is 29.2 Å². The molecular formula is C14H24NO3PS. The van der Waals surface area contributed by atoms with Crippen LogP contribution < -0.4 is 10.4 Å². The van der Waals surface area contributed by atoms with Crippen molar-refractivity contribution in [2.45, 2.75) is 56.8 Å². The second-order valence-corrected chi connectivity index (χ2v) is 13.0. The molecular weight excluding hydrogens is 293 g/mol. The van der Waals surface area contributed by atoms with E-state index < -0.39 is 27.5 Å². The molecule has 1 aromatic rings. The van der Waals surface area contributed by atoms with Crippen LogP contribution in [0.5, 0.6) is 0 Å². The van der Waals surface area contributed by atoms with Gasteiger partial charge in [-0.25, -0.2) is 13.6 Å². The first kappa shape index (κ1) is 17.4. The van der Waals surface area contributed by atoms with Crippen LogP contribution in [0.3, 0.4) is 0 Å². The van der Waals surface area contributed by atoms with Crippen molar-refractivity contribution < 1.29 is 13.0 Å². The summed E-state index contributed by atoms with van der Waals surface area (Å²) < 4.78 is 36.2. The Labute approximate surface area is 122 Å². The molecule has 0 atom stereocenters. The maximum Gasteiger partial charge on any atom is 0.238 e. The minimum Gasteiger partial charge on any atom is -0.318 e. The molecule has 0 spiro atoms. The highest BCUT2D eigenvalue weighted by molar-refractivity contribution is 7.89. The minimum absolute atomic E-state index is 0.0376. The zero-order valence-corrected chi connectivity index (χ0v) is 14.7. The highest BCUT2D eigenvalue weighted by Gasteiger charge is 2.47. The second kappa shape index (κ2) is 4.97. The third kappa shape index (κ3) is 3.00. The molecule has 0 bridgehead atoms. The van der Waals surface area contributed by atoms with Crippen molar-refractivity contribution in [3.63, 3.8) is 0 Å². The first-order valence-corrected chi connectivity index (χ1v) is 9.70. The first-order valence-electron chi connectivity index (χ1n) is 6.45. The monoisotopic (exact) mass is 317 g/mol. The van der Waals surface area contributed by atoms with Crippen LogP contribution in [-0.2, 0) is 14.6 Å². The standard InChI is InChI=1S/C14H24NO3PS/c1-13(2,3)19(16,14(4,5)6)11-7-9-12(10-8-11)20(15,17)18/h7-10H,1-6H3,(H2,15,17,18). The molecule has 0 aromatic heterocycles. The highest BCUT2D eigenvalue weighted by atomic mass is 32.2. The van der Waals surface area contributed by atoms with Gasteiger partial charge in [-0.15, -0.1) is 0 Å². The van der Waals surface area contributed by atoms with Crippen molar-refractivity contribution >= 4 is 22.5 Å². The molecule has 4 nitrogen and oxygen atoms in total. The van der Waals surface area contributed by atoms with Crippen molar-refractivity contribution in [2.24, 2.45) is 5.14 Å². The van der Waals surface area contributed by atoms with E-state index in [0.29, 0.717) is 5.30 Å². The van der Waals surface area contributed by atoms with Gasteiger partial charge in [0.25, 0.3) is 0 Å². The molecule has 0 radical (unpaired) electrons. The summed E-state index contributed by atoms with van der Waals surface area (Å²) >= 11 is 0. The van der Waals surface area contributed by atoms with Gasteiger partial charge in [-0.05, 0) is 12.1 Å². The molecule has 0 unspecified atom stereocenters. The Balaban J connectivity index is 3.51. The smallest absolute Gasteiger partial charge is 0.238 e. The number of sulfonamides is 1. The van der Waals surface area contributed by atoms with Gasteiger partial charge in [-0.1, -0.05) is 53.7 Å². The van der Waals surface area contributed by atoms with E-state index in [1.807, 2.05) is 41.5 Å². The molecule has 0 saturated heterocycles. The number of rotatable bonds is 2. The van der Waals surface area contributed by atoms with Gasteiger partial charge in [0.15, 0.2) is 0 Å². The van der Waals surface area contributed by atoms with E-state index in [9.17, 15) is 13.0 Å². The van der Waals surface area contributed by atoms with E-state index in [2.05, 4.69) is 0 Å². The summed E-state index contributed by atoms with van der Waals surface area (Å²) in [5, 5.41) is 4.96. The van der Waals surface area contributed by atoms with E-state index in [0.717, 1.165) is 0 Å². The number of nitrogens with two attached hydrogens (primary N) is 1. The van der Waals surface area contributed by atoms with Crippen molar-refractivity contribution in [3.05, 3.63) is 24.3 Å². The predicted molar refractivity (Wildman–Crippen MR) is 84.6 cm³/mol. The summed E-state index contributed by atoms with van der Waals surface area (Å²) in [6, 6.07) is 6.09. The van der Waals surface area contributed by atoms with Gasteiger partial charge in [0.05, 0.1) is 4.90 Å². The van der Waals surface area contributed by atoms with Gasteiger partial charge in [-0.2, -0.15) is 0 Å². The normalized spacial score (nSPS) is 14.3. The lowest BCUT2D eigenvalue weighted by Gasteiger charge is -2.41. The predicted octanol–water partition coefficient (Wildman–Crippen LogP) is 2.92. The van der Waals surface area contributed by atoms with Crippen molar-refractivity contribution in [3.8, 4) is 0 Å². The lowest BCUT2D eigenvalue weighted by molar-refractivity contribution is 0.527. The van der Waals surface area contributed by atoms with Crippen molar-refractivity contribution in [1.82, 2.24) is 0 Å². The molecule has 1 rings (SSSR count). The summed E-state index contributed by atoms with van der Waals surface area (Å²) in [4.78, 5) is 0.0376. The summed E-state index contributed by atoms with van der Waals surface area (Å²) in [7, 11) is -6.47. The number of hydrogen-bond acceptors (Lipinski definition) is 3.